The predicted octanol–water partition coefficient (Wildman–Crippen LogP) is 2.67. The van der Waals surface area contributed by atoms with Crippen LogP contribution in [0.1, 0.15) is 39.8 Å². The van der Waals surface area contributed by atoms with Gasteiger partial charge in [0, 0.05) is 18.7 Å². The molecule has 0 atom stereocenters. The number of rotatable bonds is 2. The van der Waals surface area contributed by atoms with Gasteiger partial charge < -0.3 is 0 Å². The van der Waals surface area contributed by atoms with Gasteiger partial charge in [-0.15, -0.1) is 0 Å². The first-order valence-electron chi connectivity index (χ1n) is 6.51. The van der Waals surface area contributed by atoms with E-state index >= 15 is 0 Å². The third-order valence-corrected chi connectivity index (χ3v) is 3.29. The molecule has 0 radical (unpaired) electrons. The molecular formula is C16H18N2O2. The summed E-state index contributed by atoms with van der Waals surface area (Å²) >= 11 is 0. The van der Waals surface area contributed by atoms with Gasteiger partial charge in [-0.1, -0.05) is 17.7 Å². The third-order valence-electron chi connectivity index (χ3n) is 3.29. The Hall–Kier alpha value is -2.23. The summed E-state index contributed by atoms with van der Waals surface area (Å²) in [7, 11) is 0. The lowest BCUT2D eigenvalue weighted by Gasteiger charge is -2.16. The maximum atomic E-state index is 11.8. The lowest BCUT2D eigenvalue weighted by atomic mass is 10.0. The second-order valence-electron chi connectivity index (χ2n) is 5.21. The van der Waals surface area contributed by atoms with Crippen LogP contribution in [0.25, 0.3) is 5.69 Å². The van der Waals surface area contributed by atoms with Crippen molar-refractivity contribution in [2.45, 2.75) is 34.6 Å². The molecule has 0 amide bonds. The number of ketones is 1. The van der Waals surface area contributed by atoms with Gasteiger partial charge in [0.2, 0.25) is 5.43 Å². The molecule has 0 saturated heterocycles. The number of hydrogen-bond acceptors (Lipinski definition) is 3. The van der Waals surface area contributed by atoms with Crippen molar-refractivity contribution in [3.05, 3.63) is 56.5 Å². The Bertz CT molecular complexity index is 735. The molecule has 4 nitrogen and oxygen atoms in total. The van der Waals surface area contributed by atoms with Crippen molar-refractivity contribution >= 4 is 5.78 Å². The van der Waals surface area contributed by atoms with Crippen molar-refractivity contribution in [3.8, 4) is 5.69 Å². The average Bonchev–Trinajstić information content (AvgIpc) is 2.29. The maximum Gasteiger partial charge on any atom is 0.211 e. The fraction of sp³-hybridized carbons (Fsp3) is 0.312. The van der Waals surface area contributed by atoms with Crippen molar-refractivity contribution in [1.82, 2.24) is 9.78 Å². The van der Waals surface area contributed by atoms with Gasteiger partial charge in [0.05, 0.1) is 5.69 Å². The lowest BCUT2D eigenvalue weighted by molar-refractivity contribution is 0.101. The number of carbonyl (C=O) groups excluding carboxylic acids is 1. The largest absolute Gasteiger partial charge is 0.293 e. The van der Waals surface area contributed by atoms with Gasteiger partial charge in [0.25, 0.3) is 0 Å². The molecule has 0 N–H and O–H groups in total. The van der Waals surface area contributed by atoms with E-state index in [4.69, 9.17) is 0 Å². The molecule has 1 aromatic heterocycles. The van der Waals surface area contributed by atoms with Gasteiger partial charge in [0.15, 0.2) is 11.5 Å². The third kappa shape index (κ3) is 2.41. The highest BCUT2D eigenvalue weighted by Gasteiger charge is 2.14. The van der Waals surface area contributed by atoms with E-state index in [1.165, 1.54) is 18.6 Å². The Morgan fingerprint density at radius 2 is 1.60 bits per heavy atom. The van der Waals surface area contributed by atoms with Gasteiger partial charge in [-0.25, -0.2) is 4.68 Å². The van der Waals surface area contributed by atoms with E-state index in [1.54, 1.807) is 4.68 Å². The first-order chi connectivity index (χ1) is 9.31. The van der Waals surface area contributed by atoms with Gasteiger partial charge >= 0.3 is 0 Å². The summed E-state index contributed by atoms with van der Waals surface area (Å²) in [4.78, 5) is 23.3. The normalized spacial score (nSPS) is 10.7. The summed E-state index contributed by atoms with van der Waals surface area (Å²) in [6.45, 7) is 9.22. The van der Waals surface area contributed by atoms with E-state index in [9.17, 15) is 9.59 Å². The molecule has 0 fully saturated rings. The summed E-state index contributed by atoms with van der Waals surface area (Å²) in [6.07, 6.45) is 0. The molecule has 0 aliphatic heterocycles. The topological polar surface area (TPSA) is 52.0 Å². The van der Waals surface area contributed by atoms with Crippen LogP contribution in [0.3, 0.4) is 0 Å². The van der Waals surface area contributed by atoms with E-state index in [1.807, 2.05) is 27.7 Å². The Morgan fingerprint density at radius 1 is 1.05 bits per heavy atom. The van der Waals surface area contributed by atoms with Gasteiger partial charge in [0.1, 0.15) is 0 Å². The molecule has 2 aromatic rings. The van der Waals surface area contributed by atoms with Crippen LogP contribution in [0.4, 0.5) is 0 Å². The second kappa shape index (κ2) is 5.04. The highest BCUT2D eigenvalue weighted by Crippen LogP contribution is 2.21. The smallest absolute Gasteiger partial charge is 0.211 e. The van der Waals surface area contributed by atoms with Crippen molar-refractivity contribution < 1.29 is 4.79 Å². The van der Waals surface area contributed by atoms with Crippen molar-refractivity contribution in [2.75, 3.05) is 0 Å². The summed E-state index contributed by atoms with van der Waals surface area (Å²) in [5, 5.41) is 4.25. The number of aryl methyl sites for hydroxylation is 4. The van der Waals surface area contributed by atoms with Crippen LogP contribution in [0.2, 0.25) is 0 Å². The molecule has 20 heavy (non-hydrogen) atoms. The SMILES string of the molecule is CC(=O)c1nn(-c2c(C)cc(C)cc2C)c(C)cc1=O. The molecule has 1 heterocycles. The molecule has 2 rings (SSSR count). The van der Waals surface area contributed by atoms with Crippen LogP contribution in [0.5, 0.6) is 0 Å². The molecule has 0 saturated carbocycles. The van der Waals surface area contributed by atoms with Crippen LogP contribution in [0.15, 0.2) is 23.0 Å². The van der Waals surface area contributed by atoms with Crippen LogP contribution in [0, 0.1) is 27.7 Å². The molecule has 0 aliphatic rings. The van der Waals surface area contributed by atoms with E-state index in [2.05, 4.69) is 17.2 Å². The summed E-state index contributed by atoms with van der Waals surface area (Å²) < 4.78 is 1.68. The van der Waals surface area contributed by atoms with Crippen molar-refractivity contribution in [3.63, 3.8) is 0 Å². The quantitative estimate of drug-likeness (QED) is 0.788. The predicted molar refractivity (Wildman–Crippen MR) is 78.8 cm³/mol. The fourth-order valence-electron chi connectivity index (χ4n) is 2.52. The molecular weight excluding hydrogens is 252 g/mol. The molecule has 4 heteroatoms. The van der Waals surface area contributed by atoms with Crippen molar-refractivity contribution in [1.29, 1.82) is 0 Å². The molecule has 0 bridgehead atoms. The second-order valence-corrected chi connectivity index (χ2v) is 5.21. The van der Waals surface area contributed by atoms with E-state index in [-0.39, 0.29) is 16.9 Å². The minimum absolute atomic E-state index is 0.0185. The number of carbonyl (C=O) groups is 1. The summed E-state index contributed by atoms with van der Waals surface area (Å²) in [6, 6.07) is 5.59. The number of nitrogens with zero attached hydrogens (tertiary/aromatic N) is 2. The van der Waals surface area contributed by atoms with E-state index in [0.717, 1.165) is 22.5 Å². The zero-order valence-corrected chi connectivity index (χ0v) is 12.4. The molecule has 1 aromatic carbocycles. The van der Waals surface area contributed by atoms with Gasteiger partial charge in [-0.05, 0) is 38.8 Å². The first kappa shape index (κ1) is 14.2. The minimum atomic E-state index is -0.325. The number of aromatic nitrogens is 2. The number of hydrogen-bond donors (Lipinski definition) is 0. The highest BCUT2D eigenvalue weighted by atomic mass is 16.1. The average molecular weight is 270 g/mol. The van der Waals surface area contributed by atoms with Crippen LogP contribution < -0.4 is 5.43 Å². The Morgan fingerprint density at radius 3 is 2.10 bits per heavy atom. The Balaban J connectivity index is 2.80. The number of benzene rings is 1. The monoisotopic (exact) mass is 270 g/mol. The standard InChI is InChI=1S/C16H18N2O2/c1-9-6-10(2)16(11(3)7-9)18-12(4)8-14(20)15(17-18)13(5)19/h6-8H,1-5H3. The zero-order chi connectivity index (χ0) is 15.0. The van der Waals surface area contributed by atoms with E-state index < -0.39 is 0 Å². The Labute approximate surface area is 118 Å². The molecule has 104 valence electrons. The minimum Gasteiger partial charge on any atom is -0.293 e. The molecule has 0 unspecified atom stereocenters. The van der Waals surface area contributed by atoms with Crippen LogP contribution in [-0.4, -0.2) is 15.6 Å². The van der Waals surface area contributed by atoms with Gasteiger partial charge in [-0.2, -0.15) is 5.10 Å². The molecule has 0 spiro atoms. The Kier molecular flexibility index (Phi) is 3.57. The maximum absolute atomic E-state index is 11.8. The summed E-state index contributed by atoms with van der Waals surface area (Å²) in [5.74, 6) is -0.314. The van der Waals surface area contributed by atoms with E-state index in [0.29, 0.717) is 0 Å². The molecule has 0 aliphatic carbocycles. The van der Waals surface area contributed by atoms with Crippen LogP contribution in [-0.2, 0) is 0 Å². The van der Waals surface area contributed by atoms with Gasteiger partial charge in [-0.3, -0.25) is 9.59 Å². The highest BCUT2D eigenvalue weighted by molar-refractivity contribution is 5.91. The summed E-state index contributed by atoms with van der Waals surface area (Å²) in [5.41, 5.74) is 4.61. The number of Topliss-reactive ketones (excluding diaryl/α,β-unsaturated/α-hetero) is 1. The first-order valence-corrected chi connectivity index (χ1v) is 6.51. The zero-order valence-electron chi connectivity index (χ0n) is 12.4. The van der Waals surface area contributed by atoms with Crippen LogP contribution >= 0.6 is 0 Å². The lowest BCUT2D eigenvalue weighted by Crippen LogP contribution is -2.22. The van der Waals surface area contributed by atoms with Crippen molar-refractivity contribution in [2.24, 2.45) is 0 Å². The fourth-order valence-corrected chi connectivity index (χ4v) is 2.52.